The maximum Gasteiger partial charge on any atom is 0.238 e. The van der Waals surface area contributed by atoms with E-state index in [-0.39, 0.29) is 24.7 Å². The lowest BCUT2D eigenvalue weighted by Crippen LogP contribution is -2.29. The van der Waals surface area contributed by atoms with Crippen LogP contribution in [0.1, 0.15) is 12.8 Å². The molecule has 6 nitrogen and oxygen atoms in total. The van der Waals surface area contributed by atoms with E-state index in [1.165, 1.54) is 18.2 Å². The summed E-state index contributed by atoms with van der Waals surface area (Å²) in [6, 6.07) is 5.74. The fraction of sp³-hybridized carbons (Fsp3) is 0.300. The van der Waals surface area contributed by atoms with Crippen molar-refractivity contribution in [2.45, 2.75) is 12.8 Å². The van der Waals surface area contributed by atoms with E-state index in [0.29, 0.717) is 12.1 Å². The zero-order valence-corrected chi connectivity index (χ0v) is 9.06. The molecule has 0 heterocycles. The molecule has 0 aromatic heterocycles. The number of nitrogens with zero attached hydrogens (tertiary/aromatic N) is 3. The van der Waals surface area contributed by atoms with E-state index in [9.17, 15) is 9.18 Å². The number of nitrogens with one attached hydrogen (secondary N) is 2. The highest BCUT2D eigenvalue weighted by Crippen LogP contribution is 2.07. The van der Waals surface area contributed by atoms with E-state index >= 15 is 0 Å². The second-order valence-corrected chi connectivity index (χ2v) is 3.24. The molecule has 0 fully saturated rings. The van der Waals surface area contributed by atoms with Crippen molar-refractivity contribution < 1.29 is 9.18 Å². The van der Waals surface area contributed by atoms with Crippen molar-refractivity contribution >= 4 is 11.6 Å². The average Bonchev–Trinajstić information content (AvgIpc) is 2.32. The van der Waals surface area contributed by atoms with Gasteiger partial charge >= 0.3 is 0 Å². The van der Waals surface area contributed by atoms with Crippen LogP contribution in [0.2, 0.25) is 0 Å². The van der Waals surface area contributed by atoms with Gasteiger partial charge in [0.2, 0.25) is 5.91 Å². The van der Waals surface area contributed by atoms with Crippen molar-refractivity contribution in [2.75, 3.05) is 12.0 Å². The quantitative estimate of drug-likeness (QED) is 0.261. The molecular weight excluding hydrogens is 225 g/mol. The molecule has 7 heteroatoms. The van der Waals surface area contributed by atoms with Crippen LogP contribution in [0.15, 0.2) is 29.4 Å². The van der Waals surface area contributed by atoms with Gasteiger partial charge in [-0.3, -0.25) is 15.6 Å². The van der Waals surface area contributed by atoms with Crippen molar-refractivity contribution in [1.29, 1.82) is 0 Å². The lowest BCUT2D eigenvalue weighted by atomic mass is 10.3. The molecule has 0 spiro atoms. The number of hydrogen-bond acceptors (Lipinski definition) is 3. The Hall–Kier alpha value is -2.27. The van der Waals surface area contributed by atoms with Gasteiger partial charge in [0, 0.05) is 17.9 Å². The summed E-state index contributed by atoms with van der Waals surface area (Å²) in [6.45, 7) is 0.282. The number of hydrazine groups is 1. The Morgan fingerprint density at radius 2 is 2.35 bits per heavy atom. The summed E-state index contributed by atoms with van der Waals surface area (Å²) < 4.78 is 12.8. The zero-order valence-electron chi connectivity index (χ0n) is 9.06. The van der Waals surface area contributed by atoms with Gasteiger partial charge in [-0.2, -0.15) is 0 Å². The molecule has 1 rings (SSSR count). The van der Waals surface area contributed by atoms with Crippen molar-refractivity contribution in [3.63, 3.8) is 0 Å². The molecule has 17 heavy (non-hydrogen) atoms. The normalized spacial score (nSPS) is 9.24. The number of hydrogen-bond donors (Lipinski definition) is 2. The Morgan fingerprint density at radius 1 is 1.53 bits per heavy atom. The number of anilines is 1. The van der Waals surface area contributed by atoms with Crippen LogP contribution in [-0.2, 0) is 4.79 Å². The Morgan fingerprint density at radius 3 is 3.06 bits per heavy atom. The van der Waals surface area contributed by atoms with Gasteiger partial charge in [-0.15, -0.1) is 0 Å². The topological polar surface area (TPSA) is 89.9 Å². The van der Waals surface area contributed by atoms with E-state index in [1.807, 2.05) is 0 Å². The summed E-state index contributed by atoms with van der Waals surface area (Å²) in [5, 5.41) is 3.30. The summed E-state index contributed by atoms with van der Waals surface area (Å²) in [5.74, 6) is -0.630. The molecule has 0 aliphatic heterocycles. The van der Waals surface area contributed by atoms with Gasteiger partial charge in [0.05, 0.1) is 5.69 Å². The van der Waals surface area contributed by atoms with Crippen molar-refractivity contribution in [3.05, 3.63) is 40.5 Å². The number of amides is 1. The van der Waals surface area contributed by atoms with Crippen LogP contribution in [0.5, 0.6) is 0 Å². The number of azide groups is 1. The third-order valence-corrected chi connectivity index (χ3v) is 1.90. The van der Waals surface area contributed by atoms with E-state index < -0.39 is 0 Å². The maximum atomic E-state index is 12.8. The van der Waals surface area contributed by atoms with Crippen LogP contribution >= 0.6 is 0 Å². The highest BCUT2D eigenvalue weighted by Gasteiger charge is 2.00. The van der Waals surface area contributed by atoms with Gasteiger partial charge in [-0.25, -0.2) is 4.39 Å². The lowest BCUT2D eigenvalue weighted by Gasteiger charge is -2.07. The number of benzene rings is 1. The fourth-order valence-electron chi connectivity index (χ4n) is 1.13. The molecule has 0 saturated heterocycles. The fourth-order valence-corrected chi connectivity index (χ4v) is 1.13. The molecule has 0 bridgehead atoms. The number of halogens is 1. The molecule has 0 aliphatic carbocycles. The SMILES string of the molecule is [N-]=[N+]=NCCCC(=O)NNc1cccc(F)c1. The molecular formula is C10H12FN5O. The van der Waals surface area contributed by atoms with Crippen LogP contribution in [-0.4, -0.2) is 12.5 Å². The van der Waals surface area contributed by atoms with Gasteiger partial charge in [-0.05, 0) is 30.2 Å². The Balaban J connectivity index is 2.26. The van der Waals surface area contributed by atoms with Gasteiger partial charge in [-0.1, -0.05) is 11.2 Å². The standard InChI is InChI=1S/C10H12FN5O/c11-8-3-1-4-9(7-8)14-15-10(17)5-2-6-13-16-12/h1,3-4,7,14H,2,5-6H2,(H,15,17). The molecule has 0 unspecified atom stereocenters. The van der Waals surface area contributed by atoms with Gasteiger partial charge in [0.15, 0.2) is 0 Å². The molecule has 1 aromatic rings. The van der Waals surface area contributed by atoms with Crippen LogP contribution in [0.3, 0.4) is 0 Å². The number of carbonyl (C=O) groups excluding carboxylic acids is 1. The largest absolute Gasteiger partial charge is 0.299 e. The van der Waals surface area contributed by atoms with Crippen LogP contribution < -0.4 is 10.9 Å². The van der Waals surface area contributed by atoms with Crippen LogP contribution in [0.25, 0.3) is 10.4 Å². The van der Waals surface area contributed by atoms with E-state index in [1.54, 1.807) is 6.07 Å². The highest BCUT2D eigenvalue weighted by molar-refractivity contribution is 5.77. The number of carbonyl (C=O) groups is 1. The second kappa shape index (κ2) is 7.08. The molecule has 0 saturated carbocycles. The Bertz CT molecular complexity index is 430. The van der Waals surface area contributed by atoms with Crippen molar-refractivity contribution in [2.24, 2.45) is 5.11 Å². The Labute approximate surface area is 97.4 Å². The molecule has 90 valence electrons. The summed E-state index contributed by atoms with van der Waals surface area (Å²) in [4.78, 5) is 13.8. The molecule has 2 N–H and O–H groups in total. The van der Waals surface area contributed by atoms with E-state index in [2.05, 4.69) is 20.9 Å². The third-order valence-electron chi connectivity index (χ3n) is 1.90. The second-order valence-electron chi connectivity index (χ2n) is 3.24. The van der Waals surface area contributed by atoms with E-state index in [0.717, 1.165) is 0 Å². The minimum absolute atomic E-state index is 0.237. The minimum Gasteiger partial charge on any atom is -0.299 e. The predicted octanol–water partition coefficient (Wildman–Crippen LogP) is 2.36. The summed E-state index contributed by atoms with van der Waals surface area (Å²) in [6.07, 6.45) is 0.710. The monoisotopic (exact) mass is 237 g/mol. The van der Waals surface area contributed by atoms with Gasteiger partial charge in [0.1, 0.15) is 5.82 Å². The first-order valence-corrected chi connectivity index (χ1v) is 5.03. The zero-order chi connectivity index (χ0) is 12.5. The van der Waals surface area contributed by atoms with Gasteiger partial charge in [0.25, 0.3) is 0 Å². The summed E-state index contributed by atoms with van der Waals surface area (Å²) >= 11 is 0. The minimum atomic E-state index is -0.382. The summed E-state index contributed by atoms with van der Waals surface area (Å²) in [5.41, 5.74) is 13.5. The highest BCUT2D eigenvalue weighted by atomic mass is 19.1. The Kier molecular flexibility index (Phi) is 5.33. The van der Waals surface area contributed by atoms with Crippen LogP contribution in [0, 0.1) is 5.82 Å². The molecule has 1 aromatic carbocycles. The van der Waals surface area contributed by atoms with Gasteiger partial charge < -0.3 is 0 Å². The lowest BCUT2D eigenvalue weighted by molar-refractivity contribution is -0.120. The van der Waals surface area contributed by atoms with Crippen molar-refractivity contribution in [1.82, 2.24) is 5.43 Å². The third kappa shape index (κ3) is 5.39. The maximum absolute atomic E-state index is 12.8. The first-order valence-electron chi connectivity index (χ1n) is 5.03. The van der Waals surface area contributed by atoms with E-state index in [4.69, 9.17) is 5.53 Å². The first kappa shape index (κ1) is 12.8. The molecule has 0 atom stereocenters. The van der Waals surface area contributed by atoms with Crippen molar-refractivity contribution in [3.8, 4) is 0 Å². The molecule has 0 aliphatic rings. The van der Waals surface area contributed by atoms with Crippen LogP contribution in [0.4, 0.5) is 10.1 Å². The molecule has 0 radical (unpaired) electrons. The number of rotatable bonds is 6. The summed E-state index contributed by atoms with van der Waals surface area (Å²) in [7, 11) is 0. The smallest absolute Gasteiger partial charge is 0.238 e. The predicted molar refractivity (Wildman–Crippen MR) is 61.4 cm³/mol. The first-order chi connectivity index (χ1) is 8.22. The average molecular weight is 237 g/mol. The molecule has 1 amide bonds.